The Hall–Kier alpha value is -3.86. The fourth-order valence-corrected chi connectivity index (χ4v) is 2.73. The predicted molar refractivity (Wildman–Crippen MR) is 111 cm³/mol. The van der Waals surface area contributed by atoms with Gasteiger partial charge in [-0.2, -0.15) is 5.10 Å². The molecule has 0 saturated carbocycles. The minimum Gasteiger partial charge on any atom is -0.245 e. The molecule has 1 aromatic heterocycles. The predicted octanol–water partition coefficient (Wildman–Crippen LogP) is 5.40. The summed E-state index contributed by atoms with van der Waals surface area (Å²) in [7, 11) is 0. The zero-order valence-electron chi connectivity index (χ0n) is 15.0. The molecule has 5 heteroatoms. The molecule has 0 aliphatic rings. The van der Waals surface area contributed by atoms with Crippen LogP contribution in [0.4, 0.5) is 10.3 Å². The third-order valence-electron chi connectivity index (χ3n) is 4.11. The topological polar surface area (TPSA) is 50.2 Å². The van der Waals surface area contributed by atoms with Gasteiger partial charge in [0.25, 0.3) is 0 Å². The Morgan fingerprint density at radius 3 is 1.93 bits per heavy atom. The maximum absolute atomic E-state index is 13.3. The molecule has 1 N–H and O–H groups in total. The van der Waals surface area contributed by atoms with E-state index in [0.29, 0.717) is 11.6 Å². The molecule has 0 aliphatic carbocycles. The third-order valence-corrected chi connectivity index (χ3v) is 4.11. The van der Waals surface area contributed by atoms with Gasteiger partial charge in [-0.1, -0.05) is 60.7 Å². The number of aromatic nitrogens is 2. The van der Waals surface area contributed by atoms with Crippen LogP contribution < -0.4 is 5.43 Å². The highest BCUT2D eigenvalue weighted by Gasteiger charge is 2.08. The molecule has 1 heterocycles. The summed E-state index contributed by atoms with van der Waals surface area (Å²) in [6, 6.07) is 27.7. The van der Waals surface area contributed by atoms with Gasteiger partial charge in [-0.05, 0) is 35.9 Å². The summed E-state index contributed by atoms with van der Waals surface area (Å²) in [5, 5.41) is 4.24. The van der Waals surface area contributed by atoms with Crippen LogP contribution in [0.1, 0.15) is 5.56 Å². The Labute approximate surface area is 162 Å². The van der Waals surface area contributed by atoms with E-state index in [2.05, 4.69) is 20.5 Å². The van der Waals surface area contributed by atoms with Crippen molar-refractivity contribution in [3.05, 3.63) is 102 Å². The Balaban J connectivity index is 1.69. The second kappa shape index (κ2) is 8.22. The monoisotopic (exact) mass is 368 g/mol. The Kier molecular flexibility index (Phi) is 5.15. The minimum atomic E-state index is -0.285. The summed E-state index contributed by atoms with van der Waals surface area (Å²) in [5.41, 5.74) is 7.07. The van der Waals surface area contributed by atoms with Crippen molar-refractivity contribution in [1.82, 2.24) is 9.97 Å². The van der Waals surface area contributed by atoms with Crippen molar-refractivity contribution in [1.29, 1.82) is 0 Å². The van der Waals surface area contributed by atoms with Crippen LogP contribution in [-0.4, -0.2) is 16.2 Å². The number of halogens is 1. The van der Waals surface area contributed by atoms with Gasteiger partial charge < -0.3 is 0 Å². The molecule has 0 atom stereocenters. The van der Waals surface area contributed by atoms with Crippen molar-refractivity contribution in [3.63, 3.8) is 0 Å². The van der Waals surface area contributed by atoms with Crippen LogP contribution in [0.15, 0.2) is 96.1 Å². The summed E-state index contributed by atoms with van der Waals surface area (Å²) < 4.78 is 13.3. The molecular weight excluding hydrogens is 351 g/mol. The van der Waals surface area contributed by atoms with Crippen LogP contribution in [0.25, 0.3) is 22.5 Å². The Morgan fingerprint density at radius 2 is 1.29 bits per heavy atom. The number of nitrogens with one attached hydrogen (secondary N) is 1. The molecule has 4 nitrogen and oxygen atoms in total. The van der Waals surface area contributed by atoms with E-state index in [1.807, 2.05) is 66.7 Å². The summed E-state index contributed by atoms with van der Waals surface area (Å²) in [5.74, 6) is 0.0831. The number of hydrazone groups is 1. The van der Waals surface area contributed by atoms with Crippen LogP contribution in [0.2, 0.25) is 0 Å². The SMILES string of the molecule is Fc1ccc(-c2cc(-c3ccccc3)nc(NN=Cc3ccccc3)n2)cc1. The van der Waals surface area contributed by atoms with Crippen molar-refractivity contribution in [3.8, 4) is 22.5 Å². The number of hydrogen-bond donors (Lipinski definition) is 1. The van der Waals surface area contributed by atoms with E-state index in [1.54, 1.807) is 18.3 Å². The fraction of sp³-hybridized carbons (Fsp3) is 0. The van der Waals surface area contributed by atoms with Crippen LogP contribution in [0.3, 0.4) is 0 Å². The smallest absolute Gasteiger partial charge is 0.244 e. The normalized spacial score (nSPS) is 10.9. The number of benzene rings is 3. The number of anilines is 1. The highest BCUT2D eigenvalue weighted by atomic mass is 19.1. The molecule has 0 radical (unpaired) electrons. The van der Waals surface area contributed by atoms with Gasteiger partial charge in [0.2, 0.25) is 5.95 Å². The van der Waals surface area contributed by atoms with Crippen LogP contribution in [0, 0.1) is 5.82 Å². The summed E-state index contributed by atoms with van der Waals surface area (Å²) in [6.45, 7) is 0. The molecule has 28 heavy (non-hydrogen) atoms. The molecule has 3 aromatic carbocycles. The van der Waals surface area contributed by atoms with E-state index in [9.17, 15) is 4.39 Å². The minimum absolute atomic E-state index is 0.285. The van der Waals surface area contributed by atoms with Crippen molar-refractivity contribution in [2.24, 2.45) is 5.10 Å². The number of hydrogen-bond acceptors (Lipinski definition) is 4. The van der Waals surface area contributed by atoms with Gasteiger partial charge in [0.15, 0.2) is 0 Å². The first-order chi connectivity index (χ1) is 13.8. The van der Waals surface area contributed by atoms with E-state index in [4.69, 9.17) is 0 Å². The van der Waals surface area contributed by atoms with Gasteiger partial charge in [-0.3, -0.25) is 0 Å². The molecule has 0 bridgehead atoms. The molecule has 4 rings (SSSR count). The molecule has 0 aliphatic heterocycles. The van der Waals surface area contributed by atoms with E-state index in [0.717, 1.165) is 22.4 Å². The van der Waals surface area contributed by atoms with Gasteiger partial charge in [0, 0.05) is 11.1 Å². The maximum atomic E-state index is 13.3. The zero-order chi connectivity index (χ0) is 19.2. The van der Waals surface area contributed by atoms with E-state index in [-0.39, 0.29) is 5.82 Å². The maximum Gasteiger partial charge on any atom is 0.244 e. The first kappa shape index (κ1) is 17.5. The molecule has 4 aromatic rings. The van der Waals surface area contributed by atoms with E-state index in [1.165, 1.54) is 12.1 Å². The molecule has 0 spiro atoms. The third kappa shape index (κ3) is 4.27. The average molecular weight is 368 g/mol. The Morgan fingerprint density at radius 1 is 0.714 bits per heavy atom. The van der Waals surface area contributed by atoms with Gasteiger partial charge in [-0.15, -0.1) is 0 Å². The first-order valence-electron chi connectivity index (χ1n) is 8.82. The lowest BCUT2D eigenvalue weighted by molar-refractivity contribution is 0.628. The van der Waals surface area contributed by atoms with Gasteiger partial charge >= 0.3 is 0 Å². The quantitative estimate of drug-likeness (QED) is 0.379. The van der Waals surface area contributed by atoms with Crippen LogP contribution in [-0.2, 0) is 0 Å². The lowest BCUT2D eigenvalue weighted by atomic mass is 10.1. The lowest BCUT2D eigenvalue weighted by Crippen LogP contribution is -2.00. The van der Waals surface area contributed by atoms with Gasteiger partial charge in [0.05, 0.1) is 17.6 Å². The number of nitrogens with zero attached hydrogens (tertiary/aromatic N) is 3. The van der Waals surface area contributed by atoms with E-state index < -0.39 is 0 Å². The molecule has 0 amide bonds. The van der Waals surface area contributed by atoms with Gasteiger partial charge in [-0.25, -0.2) is 19.8 Å². The van der Waals surface area contributed by atoms with Gasteiger partial charge in [0.1, 0.15) is 5.82 Å². The van der Waals surface area contributed by atoms with Crippen molar-refractivity contribution in [2.45, 2.75) is 0 Å². The average Bonchev–Trinajstić information content (AvgIpc) is 2.75. The standard InChI is InChI=1S/C23H17FN4/c24-20-13-11-19(12-14-20)22-15-21(18-9-5-2-6-10-18)26-23(27-22)28-25-16-17-7-3-1-4-8-17/h1-16H,(H,26,27,28). The zero-order valence-corrected chi connectivity index (χ0v) is 15.0. The largest absolute Gasteiger partial charge is 0.245 e. The van der Waals surface area contributed by atoms with Crippen LogP contribution >= 0.6 is 0 Å². The molecule has 136 valence electrons. The molecule has 0 unspecified atom stereocenters. The molecule has 0 fully saturated rings. The lowest BCUT2D eigenvalue weighted by Gasteiger charge is -2.08. The second-order valence-electron chi connectivity index (χ2n) is 6.12. The highest BCUT2D eigenvalue weighted by Crippen LogP contribution is 2.25. The fourth-order valence-electron chi connectivity index (χ4n) is 2.73. The number of rotatable bonds is 5. The first-order valence-corrected chi connectivity index (χ1v) is 8.82. The highest BCUT2D eigenvalue weighted by molar-refractivity contribution is 5.80. The summed E-state index contributed by atoms with van der Waals surface area (Å²) in [6.07, 6.45) is 1.70. The van der Waals surface area contributed by atoms with Crippen LogP contribution in [0.5, 0.6) is 0 Å². The van der Waals surface area contributed by atoms with Crippen molar-refractivity contribution < 1.29 is 4.39 Å². The van der Waals surface area contributed by atoms with Crippen molar-refractivity contribution >= 4 is 12.2 Å². The summed E-state index contributed by atoms with van der Waals surface area (Å²) in [4.78, 5) is 9.10. The van der Waals surface area contributed by atoms with E-state index >= 15 is 0 Å². The van der Waals surface area contributed by atoms with Crippen molar-refractivity contribution in [2.75, 3.05) is 5.43 Å². The molecule has 0 saturated heterocycles. The molecular formula is C23H17FN4. The Bertz CT molecular complexity index is 1080. The second-order valence-corrected chi connectivity index (χ2v) is 6.12. The summed E-state index contributed by atoms with van der Waals surface area (Å²) >= 11 is 0.